The number of aromatic nitrogens is 2. The quantitative estimate of drug-likeness (QED) is 0.145. The maximum atomic E-state index is 13.2. The van der Waals surface area contributed by atoms with Crippen molar-refractivity contribution in [3.8, 4) is 28.3 Å². The molecule has 1 saturated heterocycles. The molecular weight excluding hydrogens is 552 g/mol. The molecule has 1 atom stereocenters. The SMILES string of the molecule is N=C(N)N1CCC[C@H]1c1nc(-c2ccc(OCc3ccc(C(F)(F)F)cc3)c(-c3ccc(C(F)(F)F)cc3)c2)no1. The topological polar surface area (TPSA) is 101 Å². The smallest absolute Gasteiger partial charge is 0.416 e. The van der Waals surface area contributed by atoms with Gasteiger partial charge in [-0.05, 0) is 66.4 Å². The van der Waals surface area contributed by atoms with Crippen LogP contribution in [0.3, 0.4) is 0 Å². The molecule has 41 heavy (non-hydrogen) atoms. The zero-order valence-electron chi connectivity index (χ0n) is 21.3. The Bertz CT molecular complexity index is 1530. The zero-order valence-corrected chi connectivity index (χ0v) is 21.3. The van der Waals surface area contributed by atoms with Crippen molar-refractivity contribution in [2.45, 2.75) is 37.8 Å². The molecule has 0 bridgehead atoms. The number of alkyl halides is 6. The fourth-order valence-electron chi connectivity index (χ4n) is 4.61. The van der Waals surface area contributed by atoms with Crippen LogP contribution in [0.5, 0.6) is 5.75 Å². The van der Waals surface area contributed by atoms with Gasteiger partial charge in [0.05, 0.1) is 11.1 Å². The van der Waals surface area contributed by atoms with Crippen LogP contribution in [0.4, 0.5) is 26.3 Å². The number of rotatable bonds is 6. The summed E-state index contributed by atoms with van der Waals surface area (Å²) in [4.78, 5) is 6.13. The van der Waals surface area contributed by atoms with Gasteiger partial charge in [0.25, 0.3) is 0 Å². The van der Waals surface area contributed by atoms with Gasteiger partial charge in [-0.2, -0.15) is 31.3 Å². The highest BCUT2D eigenvalue weighted by molar-refractivity contribution is 5.76. The van der Waals surface area contributed by atoms with Gasteiger partial charge in [-0.3, -0.25) is 5.41 Å². The summed E-state index contributed by atoms with van der Waals surface area (Å²) in [6, 6.07) is 13.5. The Morgan fingerprint density at radius 2 is 1.54 bits per heavy atom. The van der Waals surface area contributed by atoms with Crippen molar-refractivity contribution in [3.63, 3.8) is 0 Å². The first-order valence-electron chi connectivity index (χ1n) is 12.5. The number of hydrogen-bond donors (Lipinski definition) is 2. The van der Waals surface area contributed by atoms with E-state index in [4.69, 9.17) is 20.4 Å². The fraction of sp³-hybridized carbons (Fsp3) is 0.250. The number of nitrogens with two attached hydrogens (primary N) is 1. The van der Waals surface area contributed by atoms with Crippen molar-refractivity contribution in [2.75, 3.05) is 6.54 Å². The predicted octanol–water partition coefficient (Wildman–Crippen LogP) is 7.05. The van der Waals surface area contributed by atoms with Crippen molar-refractivity contribution in [1.82, 2.24) is 15.0 Å². The summed E-state index contributed by atoms with van der Waals surface area (Å²) in [5, 5.41) is 11.8. The van der Waals surface area contributed by atoms with E-state index < -0.39 is 23.5 Å². The van der Waals surface area contributed by atoms with Crippen LogP contribution in [0.2, 0.25) is 0 Å². The Balaban J connectivity index is 1.46. The molecule has 0 saturated carbocycles. The summed E-state index contributed by atoms with van der Waals surface area (Å²) < 4.78 is 89.5. The van der Waals surface area contributed by atoms with E-state index in [1.165, 1.54) is 24.3 Å². The number of guanidine groups is 1. The van der Waals surface area contributed by atoms with Gasteiger partial charge in [-0.15, -0.1) is 0 Å². The van der Waals surface area contributed by atoms with E-state index in [0.29, 0.717) is 35.2 Å². The van der Waals surface area contributed by atoms with E-state index in [1.54, 1.807) is 23.1 Å². The molecule has 5 rings (SSSR count). The van der Waals surface area contributed by atoms with Crippen molar-refractivity contribution in [1.29, 1.82) is 5.41 Å². The lowest BCUT2D eigenvalue weighted by Gasteiger charge is -2.21. The first-order valence-corrected chi connectivity index (χ1v) is 12.5. The van der Waals surface area contributed by atoms with E-state index in [1.807, 2.05) is 0 Å². The normalized spacial score (nSPS) is 15.8. The minimum atomic E-state index is -4.52. The van der Waals surface area contributed by atoms with Crippen LogP contribution in [0.25, 0.3) is 22.5 Å². The van der Waals surface area contributed by atoms with E-state index >= 15 is 0 Å². The van der Waals surface area contributed by atoms with Gasteiger partial charge in [0.15, 0.2) is 5.96 Å². The number of hydrogen-bond acceptors (Lipinski definition) is 5. The van der Waals surface area contributed by atoms with E-state index in [-0.39, 0.29) is 36.1 Å². The second-order valence-electron chi connectivity index (χ2n) is 9.46. The van der Waals surface area contributed by atoms with Gasteiger partial charge in [0, 0.05) is 17.7 Å². The van der Waals surface area contributed by atoms with E-state index in [0.717, 1.165) is 30.7 Å². The van der Waals surface area contributed by atoms with Gasteiger partial charge in [-0.1, -0.05) is 29.4 Å². The zero-order chi connectivity index (χ0) is 29.4. The van der Waals surface area contributed by atoms with Crippen LogP contribution in [-0.4, -0.2) is 27.5 Å². The Kier molecular flexibility index (Phi) is 7.37. The Labute approximate surface area is 230 Å². The summed E-state index contributed by atoms with van der Waals surface area (Å²) in [7, 11) is 0. The molecule has 13 heteroatoms. The third-order valence-electron chi connectivity index (χ3n) is 6.73. The first-order chi connectivity index (χ1) is 19.4. The molecule has 0 radical (unpaired) electrons. The highest BCUT2D eigenvalue weighted by Gasteiger charge is 2.33. The average Bonchev–Trinajstić information content (AvgIpc) is 3.61. The average molecular weight is 576 g/mol. The van der Waals surface area contributed by atoms with Gasteiger partial charge in [-0.25, -0.2) is 0 Å². The summed E-state index contributed by atoms with van der Waals surface area (Å²) >= 11 is 0. The number of likely N-dealkylation sites (tertiary alicyclic amines) is 1. The fourth-order valence-corrected chi connectivity index (χ4v) is 4.61. The number of nitrogens with zero attached hydrogens (tertiary/aromatic N) is 3. The number of benzene rings is 3. The second-order valence-corrected chi connectivity index (χ2v) is 9.46. The largest absolute Gasteiger partial charge is 0.488 e. The van der Waals surface area contributed by atoms with Crippen LogP contribution >= 0.6 is 0 Å². The van der Waals surface area contributed by atoms with Gasteiger partial charge in [0.2, 0.25) is 11.7 Å². The Morgan fingerprint density at radius 3 is 2.15 bits per heavy atom. The summed E-state index contributed by atoms with van der Waals surface area (Å²) in [5.74, 6) is 0.686. The van der Waals surface area contributed by atoms with Crippen molar-refractivity contribution < 1.29 is 35.6 Å². The van der Waals surface area contributed by atoms with Crippen LogP contribution in [0.15, 0.2) is 71.3 Å². The number of halogens is 6. The van der Waals surface area contributed by atoms with E-state index in [9.17, 15) is 26.3 Å². The van der Waals surface area contributed by atoms with Gasteiger partial charge < -0.3 is 19.9 Å². The summed E-state index contributed by atoms with van der Waals surface area (Å²) in [5.41, 5.74) is 5.83. The third-order valence-corrected chi connectivity index (χ3v) is 6.73. The lowest BCUT2D eigenvalue weighted by molar-refractivity contribution is -0.138. The predicted molar refractivity (Wildman–Crippen MR) is 137 cm³/mol. The maximum absolute atomic E-state index is 13.2. The van der Waals surface area contributed by atoms with Gasteiger partial charge in [0.1, 0.15) is 18.4 Å². The molecule has 1 fully saturated rings. The highest BCUT2D eigenvalue weighted by Crippen LogP contribution is 2.38. The minimum Gasteiger partial charge on any atom is -0.488 e. The second kappa shape index (κ2) is 10.8. The molecule has 3 N–H and O–H groups in total. The summed E-state index contributed by atoms with van der Waals surface area (Å²) in [6.07, 6.45) is -7.51. The van der Waals surface area contributed by atoms with Gasteiger partial charge >= 0.3 is 12.4 Å². The molecule has 214 valence electrons. The molecule has 0 spiro atoms. The number of ether oxygens (including phenoxy) is 1. The monoisotopic (exact) mass is 575 g/mol. The lowest BCUT2D eigenvalue weighted by Crippen LogP contribution is -2.35. The van der Waals surface area contributed by atoms with Crippen molar-refractivity contribution >= 4 is 5.96 Å². The Hall–Kier alpha value is -4.55. The van der Waals surface area contributed by atoms with E-state index in [2.05, 4.69) is 10.1 Å². The van der Waals surface area contributed by atoms with Crippen LogP contribution in [0.1, 0.15) is 41.5 Å². The molecule has 7 nitrogen and oxygen atoms in total. The molecule has 1 aromatic heterocycles. The molecule has 0 amide bonds. The molecule has 3 aromatic carbocycles. The van der Waals surface area contributed by atoms with Crippen molar-refractivity contribution in [3.05, 3.63) is 89.3 Å². The first kappa shape index (κ1) is 28.0. The van der Waals surface area contributed by atoms with Crippen molar-refractivity contribution in [2.24, 2.45) is 5.73 Å². The lowest BCUT2D eigenvalue weighted by atomic mass is 10.00. The maximum Gasteiger partial charge on any atom is 0.416 e. The minimum absolute atomic E-state index is 0.0833. The van der Waals surface area contributed by atoms with Crippen LogP contribution in [-0.2, 0) is 19.0 Å². The Morgan fingerprint density at radius 1 is 0.927 bits per heavy atom. The van der Waals surface area contributed by atoms with Crippen LogP contribution in [0, 0.1) is 5.41 Å². The van der Waals surface area contributed by atoms with Crippen LogP contribution < -0.4 is 10.5 Å². The third kappa shape index (κ3) is 6.13. The standard InChI is InChI=1S/C28H23F6N5O2/c29-27(30,31)19-8-3-16(4-9-19)15-40-23-12-7-18(14-21(23)17-5-10-20(11-6-17)28(32,33)34)24-37-25(41-38-24)22-2-1-13-39(22)26(35)36/h3-12,14,22H,1-2,13,15H2,(H3,35,36)/t22-/m0/s1. The molecule has 2 heterocycles. The molecule has 1 aliphatic rings. The molecule has 0 aliphatic carbocycles. The molecule has 1 aliphatic heterocycles. The molecule has 0 unspecified atom stereocenters. The summed E-state index contributed by atoms with van der Waals surface area (Å²) in [6.45, 7) is 0.501. The molecular formula is C28H23F6N5O2. The number of nitrogens with one attached hydrogen (secondary N) is 1. The molecule has 4 aromatic rings. The highest BCUT2D eigenvalue weighted by atomic mass is 19.4.